The lowest BCUT2D eigenvalue weighted by molar-refractivity contribution is 0.403. The number of ether oxygens (including phenoxy) is 3. The molecule has 118 valence electrons. The minimum Gasteiger partial charge on any atom is -0.497 e. The highest BCUT2D eigenvalue weighted by Gasteiger charge is 2.13. The van der Waals surface area contributed by atoms with Crippen LogP contribution in [0.25, 0.3) is 22.3 Å². The molecular weight excluding hydrogens is 296 g/mol. The van der Waals surface area contributed by atoms with E-state index in [1.165, 1.54) is 6.07 Å². The molecule has 0 spiro atoms. The molecule has 0 bridgehead atoms. The lowest BCUT2D eigenvalue weighted by Gasteiger charge is -2.10. The van der Waals surface area contributed by atoms with Gasteiger partial charge in [0, 0.05) is 12.1 Å². The van der Waals surface area contributed by atoms with Crippen molar-refractivity contribution in [1.29, 1.82) is 0 Å². The van der Waals surface area contributed by atoms with Gasteiger partial charge in [0.2, 0.25) is 0 Å². The summed E-state index contributed by atoms with van der Waals surface area (Å²) >= 11 is 0. The van der Waals surface area contributed by atoms with Gasteiger partial charge in [-0.15, -0.1) is 0 Å². The van der Waals surface area contributed by atoms with Crippen LogP contribution in [0.2, 0.25) is 0 Å². The Bertz CT molecular complexity index is 911. The Labute approximate surface area is 133 Å². The second-order valence-electron chi connectivity index (χ2n) is 4.90. The van der Waals surface area contributed by atoms with Gasteiger partial charge in [0.05, 0.1) is 32.3 Å². The molecule has 5 heteroatoms. The summed E-state index contributed by atoms with van der Waals surface area (Å²) in [6, 6.07) is 11.9. The van der Waals surface area contributed by atoms with E-state index in [1.807, 2.05) is 0 Å². The maximum atomic E-state index is 12.4. The van der Waals surface area contributed by atoms with Crippen LogP contribution in [0.4, 0.5) is 0 Å². The Balaban J connectivity index is 2.26. The molecule has 5 nitrogen and oxygen atoms in total. The van der Waals surface area contributed by atoms with Crippen LogP contribution in [0.3, 0.4) is 0 Å². The summed E-state index contributed by atoms with van der Waals surface area (Å²) in [7, 11) is 4.70. The third-order valence-corrected chi connectivity index (χ3v) is 3.61. The van der Waals surface area contributed by atoms with Crippen LogP contribution in [0.1, 0.15) is 0 Å². The molecule has 0 aliphatic heterocycles. The average Bonchev–Trinajstić information content (AvgIpc) is 2.60. The molecule has 0 atom stereocenters. The minimum absolute atomic E-state index is 0.131. The summed E-state index contributed by atoms with van der Waals surface area (Å²) < 4.78 is 21.7. The molecule has 23 heavy (non-hydrogen) atoms. The Morgan fingerprint density at radius 1 is 0.826 bits per heavy atom. The molecule has 3 aromatic rings. The first-order valence-electron chi connectivity index (χ1n) is 7.00. The Morgan fingerprint density at radius 2 is 1.52 bits per heavy atom. The molecule has 0 saturated carbocycles. The van der Waals surface area contributed by atoms with E-state index in [0.717, 1.165) is 0 Å². The van der Waals surface area contributed by atoms with Crippen molar-refractivity contribution in [1.82, 2.24) is 0 Å². The molecule has 0 aliphatic carbocycles. The summed E-state index contributed by atoms with van der Waals surface area (Å²) in [6.07, 6.45) is 0. The molecule has 0 N–H and O–H groups in total. The molecule has 0 amide bonds. The van der Waals surface area contributed by atoms with Crippen LogP contribution in [0, 0.1) is 0 Å². The molecule has 0 aliphatic rings. The van der Waals surface area contributed by atoms with Gasteiger partial charge in [-0.2, -0.15) is 0 Å². The summed E-state index contributed by atoms with van der Waals surface area (Å²) in [5.74, 6) is 2.27. The van der Waals surface area contributed by atoms with E-state index in [0.29, 0.717) is 39.5 Å². The van der Waals surface area contributed by atoms with Crippen molar-refractivity contribution in [3.05, 3.63) is 52.7 Å². The molecule has 2 aromatic carbocycles. The summed E-state index contributed by atoms with van der Waals surface area (Å²) in [6.45, 7) is 0. The van der Waals surface area contributed by atoms with E-state index in [-0.39, 0.29) is 5.43 Å². The Kier molecular flexibility index (Phi) is 3.93. The standard InChI is InChI=1S/C18H16O5/c1-20-11-5-7-16(22-3)14(8-11)18-10-15(19)13-6-4-12(21-2)9-17(13)23-18/h4-10H,1-3H3. The highest BCUT2D eigenvalue weighted by molar-refractivity contribution is 5.81. The van der Waals surface area contributed by atoms with Gasteiger partial charge in [-0.05, 0) is 30.3 Å². The maximum absolute atomic E-state index is 12.4. The topological polar surface area (TPSA) is 57.9 Å². The van der Waals surface area contributed by atoms with E-state index in [4.69, 9.17) is 18.6 Å². The lowest BCUT2D eigenvalue weighted by Crippen LogP contribution is -2.01. The first-order chi connectivity index (χ1) is 11.2. The fourth-order valence-electron chi connectivity index (χ4n) is 2.40. The Morgan fingerprint density at radius 3 is 2.22 bits per heavy atom. The first-order valence-corrected chi connectivity index (χ1v) is 7.00. The molecule has 0 radical (unpaired) electrons. The zero-order chi connectivity index (χ0) is 16.4. The van der Waals surface area contributed by atoms with E-state index < -0.39 is 0 Å². The molecular formula is C18H16O5. The first kappa shape index (κ1) is 15.0. The Hall–Kier alpha value is -2.95. The van der Waals surface area contributed by atoms with Crippen LogP contribution in [0.5, 0.6) is 17.2 Å². The van der Waals surface area contributed by atoms with Crippen LogP contribution in [-0.4, -0.2) is 21.3 Å². The van der Waals surface area contributed by atoms with Crippen molar-refractivity contribution in [2.45, 2.75) is 0 Å². The third kappa shape index (κ3) is 2.73. The fourth-order valence-corrected chi connectivity index (χ4v) is 2.40. The predicted octanol–water partition coefficient (Wildman–Crippen LogP) is 3.49. The lowest BCUT2D eigenvalue weighted by atomic mass is 10.1. The quantitative estimate of drug-likeness (QED) is 0.738. The number of rotatable bonds is 4. The highest BCUT2D eigenvalue weighted by atomic mass is 16.5. The van der Waals surface area contributed by atoms with Gasteiger partial charge in [0.15, 0.2) is 5.43 Å². The van der Waals surface area contributed by atoms with E-state index in [1.54, 1.807) is 57.7 Å². The highest BCUT2D eigenvalue weighted by Crippen LogP contribution is 2.34. The van der Waals surface area contributed by atoms with E-state index in [9.17, 15) is 4.79 Å². The molecule has 0 fully saturated rings. The van der Waals surface area contributed by atoms with E-state index >= 15 is 0 Å². The second-order valence-corrected chi connectivity index (χ2v) is 4.90. The SMILES string of the molecule is COc1ccc(OC)c(-c2cc(=O)c3ccc(OC)cc3o2)c1. The van der Waals surface area contributed by atoms with Crippen molar-refractivity contribution in [2.24, 2.45) is 0 Å². The van der Waals surface area contributed by atoms with Crippen molar-refractivity contribution >= 4 is 11.0 Å². The number of benzene rings is 2. The largest absolute Gasteiger partial charge is 0.497 e. The third-order valence-electron chi connectivity index (χ3n) is 3.61. The van der Waals surface area contributed by atoms with Gasteiger partial charge in [-0.25, -0.2) is 0 Å². The normalized spacial score (nSPS) is 10.6. The van der Waals surface area contributed by atoms with Crippen molar-refractivity contribution in [3.8, 4) is 28.6 Å². The summed E-state index contributed by atoms with van der Waals surface area (Å²) in [5.41, 5.74) is 0.971. The second kappa shape index (κ2) is 6.04. The van der Waals surface area contributed by atoms with Gasteiger partial charge < -0.3 is 18.6 Å². The maximum Gasteiger partial charge on any atom is 0.193 e. The molecule has 0 unspecified atom stereocenters. The summed E-state index contributed by atoms with van der Waals surface area (Å²) in [5, 5.41) is 0.497. The molecule has 3 rings (SSSR count). The average molecular weight is 312 g/mol. The number of fused-ring (bicyclic) bond motifs is 1. The number of hydrogen-bond donors (Lipinski definition) is 0. The predicted molar refractivity (Wildman–Crippen MR) is 87.6 cm³/mol. The number of hydrogen-bond acceptors (Lipinski definition) is 5. The zero-order valence-corrected chi connectivity index (χ0v) is 13.1. The van der Waals surface area contributed by atoms with Crippen LogP contribution in [-0.2, 0) is 0 Å². The minimum atomic E-state index is -0.131. The van der Waals surface area contributed by atoms with Gasteiger partial charge in [-0.1, -0.05) is 0 Å². The van der Waals surface area contributed by atoms with Gasteiger partial charge >= 0.3 is 0 Å². The number of methoxy groups -OCH3 is 3. The monoisotopic (exact) mass is 312 g/mol. The molecule has 1 heterocycles. The van der Waals surface area contributed by atoms with Crippen molar-refractivity contribution in [3.63, 3.8) is 0 Å². The van der Waals surface area contributed by atoms with Gasteiger partial charge in [0.1, 0.15) is 28.6 Å². The van der Waals surface area contributed by atoms with Crippen molar-refractivity contribution in [2.75, 3.05) is 21.3 Å². The van der Waals surface area contributed by atoms with Gasteiger partial charge in [-0.3, -0.25) is 4.79 Å². The van der Waals surface area contributed by atoms with Crippen molar-refractivity contribution < 1.29 is 18.6 Å². The van der Waals surface area contributed by atoms with Gasteiger partial charge in [0.25, 0.3) is 0 Å². The van der Waals surface area contributed by atoms with Crippen LogP contribution in [0.15, 0.2) is 51.7 Å². The fraction of sp³-hybridized carbons (Fsp3) is 0.167. The summed E-state index contributed by atoms with van der Waals surface area (Å²) in [4.78, 5) is 12.4. The zero-order valence-electron chi connectivity index (χ0n) is 13.1. The van der Waals surface area contributed by atoms with Crippen LogP contribution >= 0.6 is 0 Å². The molecule has 1 aromatic heterocycles. The smallest absolute Gasteiger partial charge is 0.193 e. The van der Waals surface area contributed by atoms with E-state index in [2.05, 4.69) is 0 Å². The molecule has 0 saturated heterocycles. The van der Waals surface area contributed by atoms with Crippen LogP contribution < -0.4 is 19.6 Å².